The lowest BCUT2D eigenvalue weighted by molar-refractivity contribution is 0.105. The van der Waals surface area contributed by atoms with Crippen LogP contribution in [0.25, 0.3) is 0 Å². The van der Waals surface area contributed by atoms with Crippen LogP contribution in [0.2, 0.25) is 0 Å². The van der Waals surface area contributed by atoms with Crippen molar-refractivity contribution in [1.29, 1.82) is 0 Å². The molecule has 0 bridgehead atoms. The molecule has 0 radical (unpaired) electrons. The van der Waals surface area contributed by atoms with Crippen LogP contribution in [0.4, 0.5) is 0 Å². The number of benzene rings is 1. The maximum atomic E-state index is 6.14. The molecule has 2 N–H and O–H groups in total. The second-order valence-electron chi connectivity index (χ2n) is 7.76. The molecule has 1 aliphatic heterocycles. The molecule has 3 rings (SSSR count). The summed E-state index contributed by atoms with van der Waals surface area (Å²) in [4.78, 5) is 4.75. The molecule has 1 aliphatic rings. The number of guanidine groups is 1. The van der Waals surface area contributed by atoms with E-state index in [9.17, 15) is 0 Å². The van der Waals surface area contributed by atoms with E-state index < -0.39 is 0 Å². The van der Waals surface area contributed by atoms with Crippen molar-refractivity contribution in [3.63, 3.8) is 0 Å². The summed E-state index contributed by atoms with van der Waals surface area (Å²) in [6.45, 7) is 9.77. The molecule has 7 nitrogen and oxygen atoms in total. The topological polar surface area (TPSA) is 77.3 Å². The van der Waals surface area contributed by atoms with Crippen molar-refractivity contribution in [2.24, 2.45) is 10.9 Å². The normalized spacial score (nSPS) is 16.5. The number of hydrogen-bond donors (Lipinski definition) is 2. The molecule has 0 amide bonds. The highest BCUT2D eigenvalue weighted by Crippen LogP contribution is 2.23. The molecule has 2 heterocycles. The molecule has 31 heavy (non-hydrogen) atoms. The molecule has 1 saturated heterocycles. The zero-order valence-corrected chi connectivity index (χ0v) is 18.7. The zero-order chi connectivity index (χ0) is 21.7. The van der Waals surface area contributed by atoms with Crippen LogP contribution in [0.5, 0.6) is 5.75 Å². The molecule has 0 aliphatic carbocycles. The maximum Gasteiger partial charge on any atom is 0.191 e. The molecule has 1 fully saturated rings. The monoisotopic (exact) mass is 429 g/mol. The predicted molar refractivity (Wildman–Crippen MR) is 121 cm³/mol. The summed E-state index contributed by atoms with van der Waals surface area (Å²) in [5.41, 5.74) is 2.27. The summed E-state index contributed by atoms with van der Waals surface area (Å²) in [6.07, 6.45) is 3.61. The van der Waals surface area contributed by atoms with E-state index in [1.54, 1.807) is 6.26 Å². The minimum absolute atomic E-state index is 0.478. The summed E-state index contributed by atoms with van der Waals surface area (Å²) < 4.78 is 22.5. The van der Waals surface area contributed by atoms with Crippen molar-refractivity contribution in [2.45, 2.75) is 39.8 Å². The molecule has 2 aromatic rings. The second-order valence-corrected chi connectivity index (χ2v) is 7.76. The zero-order valence-electron chi connectivity index (χ0n) is 18.7. The first-order chi connectivity index (χ1) is 15.2. The lowest BCUT2D eigenvalue weighted by Crippen LogP contribution is -2.38. The van der Waals surface area contributed by atoms with Crippen molar-refractivity contribution in [3.8, 4) is 5.75 Å². The average Bonchev–Trinajstić information content (AvgIpc) is 3.48. The van der Waals surface area contributed by atoms with Gasteiger partial charge in [-0.05, 0) is 50.5 Å². The highest BCUT2D eigenvalue weighted by atomic mass is 16.5. The number of nitrogens with one attached hydrogen (secondary N) is 2. The van der Waals surface area contributed by atoms with Gasteiger partial charge in [-0.1, -0.05) is 12.1 Å². The Morgan fingerprint density at radius 2 is 2.19 bits per heavy atom. The number of nitrogens with zero attached hydrogens (tertiary/aromatic N) is 1. The van der Waals surface area contributed by atoms with Gasteiger partial charge in [-0.3, -0.25) is 0 Å². The second kappa shape index (κ2) is 13.0. The van der Waals surface area contributed by atoms with Gasteiger partial charge in [-0.15, -0.1) is 0 Å². The van der Waals surface area contributed by atoms with Gasteiger partial charge in [0.2, 0.25) is 0 Å². The van der Waals surface area contributed by atoms with Gasteiger partial charge in [-0.25, -0.2) is 4.99 Å². The Hall–Kier alpha value is -2.51. The van der Waals surface area contributed by atoms with E-state index in [1.165, 1.54) is 5.56 Å². The van der Waals surface area contributed by atoms with Crippen molar-refractivity contribution >= 4 is 5.96 Å². The molecule has 1 aromatic heterocycles. The Balaban J connectivity index is 1.45. The SMILES string of the molecule is CCNC(=NCc1ccc(C)cc1OCC1CCOC1)NCCCOCc1ccco1. The smallest absolute Gasteiger partial charge is 0.191 e. The van der Waals surface area contributed by atoms with Gasteiger partial charge in [0.1, 0.15) is 18.1 Å². The van der Waals surface area contributed by atoms with E-state index in [0.717, 1.165) is 62.2 Å². The summed E-state index contributed by atoms with van der Waals surface area (Å²) in [5.74, 6) is 3.03. The molecule has 1 aromatic carbocycles. The minimum Gasteiger partial charge on any atom is -0.493 e. The standard InChI is InChI=1S/C24H35N3O4/c1-3-25-24(26-10-5-11-28-18-22-6-4-12-30-22)27-15-21-8-7-19(2)14-23(21)31-17-20-9-13-29-16-20/h4,6-8,12,14,20H,3,5,9-11,13,15-18H2,1-2H3,(H2,25,26,27). The average molecular weight is 430 g/mol. The lowest BCUT2D eigenvalue weighted by atomic mass is 10.1. The largest absolute Gasteiger partial charge is 0.493 e. The van der Waals surface area contributed by atoms with E-state index in [2.05, 4.69) is 42.7 Å². The van der Waals surface area contributed by atoms with Crippen LogP contribution in [-0.4, -0.2) is 45.5 Å². The molecule has 7 heteroatoms. The number of aliphatic imine (C=N–C) groups is 1. The molecule has 170 valence electrons. The molecule has 1 atom stereocenters. The first-order valence-corrected chi connectivity index (χ1v) is 11.2. The molecule has 0 saturated carbocycles. The fourth-order valence-electron chi connectivity index (χ4n) is 3.30. The third-order valence-corrected chi connectivity index (χ3v) is 5.06. The Morgan fingerprint density at radius 3 is 2.97 bits per heavy atom. The Kier molecular flexibility index (Phi) is 9.73. The Morgan fingerprint density at radius 1 is 1.26 bits per heavy atom. The van der Waals surface area contributed by atoms with Gasteiger partial charge >= 0.3 is 0 Å². The van der Waals surface area contributed by atoms with Gasteiger partial charge in [0.15, 0.2) is 5.96 Å². The molecular weight excluding hydrogens is 394 g/mol. The van der Waals surface area contributed by atoms with Crippen LogP contribution < -0.4 is 15.4 Å². The van der Waals surface area contributed by atoms with Crippen LogP contribution in [0.3, 0.4) is 0 Å². The predicted octanol–water partition coefficient (Wildman–Crippen LogP) is 3.67. The Labute approximate surface area is 185 Å². The Bertz CT molecular complexity index is 786. The van der Waals surface area contributed by atoms with Crippen molar-refractivity contribution in [1.82, 2.24) is 10.6 Å². The maximum absolute atomic E-state index is 6.14. The van der Waals surface area contributed by atoms with E-state index >= 15 is 0 Å². The van der Waals surface area contributed by atoms with Crippen LogP contribution in [0, 0.1) is 12.8 Å². The highest BCUT2D eigenvalue weighted by Gasteiger charge is 2.17. The van der Waals surface area contributed by atoms with Crippen molar-refractivity contribution in [2.75, 3.05) is 39.5 Å². The fraction of sp³-hybridized carbons (Fsp3) is 0.542. The summed E-state index contributed by atoms with van der Waals surface area (Å²) >= 11 is 0. The van der Waals surface area contributed by atoms with E-state index in [-0.39, 0.29) is 0 Å². The van der Waals surface area contributed by atoms with Crippen molar-refractivity contribution < 1.29 is 18.6 Å². The van der Waals surface area contributed by atoms with Gasteiger partial charge in [-0.2, -0.15) is 0 Å². The number of ether oxygens (including phenoxy) is 3. The van der Waals surface area contributed by atoms with E-state index in [1.807, 2.05) is 12.1 Å². The third-order valence-electron chi connectivity index (χ3n) is 5.06. The van der Waals surface area contributed by atoms with Crippen LogP contribution in [0.15, 0.2) is 46.0 Å². The van der Waals surface area contributed by atoms with Gasteiger partial charge < -0.3 is 29.3 Å². The fourth-order valence-corrected chi connectivity index (χ4v) is 3.30. The number of hydrogen-bond acceptors (Lipinski definition) is 5. The first kappa shape index (κ1) is 23.2. The minimum atomic E-state index is 0.478. The van der Waals surface area contributed by atoms with Crippen molar-refractivity contribution in [3.05, 3.63) is 53.5 Å². The van der Waals surface area contributed by atoms with Gasteiger partial charge in [0.05, 0.1) is 26.0 Å². The summed E-state index contributed by atoms with van der Waals surface area (Å²) in [7, 11) is 0. The summed E-state index contributed by atoms with van der Waals surface area (Å²) in [5, 5.41) is 6.67. The van der Waals surface area contributed by atoms with Gasteiger partial charge in [0.25, 0.3) is 0 Å². The number of furan rings is 1. The molecule has 1 unspecified atom stereocenters. The van der Waals surface area contributed by atoms with Crippen LogP contribution in [-0.2, 0) is 22.6 Å². The summed E-state index contributed by atoms with van der Waals surface area (Å²) in [6, 6.07) is 10.1. The van der Waals surface area contributed by atoms with Crippen LogP contribution >= 0.6 is 0 Å². The lowest BCUT2D eigenvalue weighted by Gasteiger charge is -2.15. The number of rotatable bonds is 12. The van der Waals surface area contributed by atoms with E-state index in [0.29, 0.717) is 32.3 Å². The highest BCUT2D eigenvalue weighted by molar-refractivity contribution is 5.79. The third kappa shape index (κ3) is 8.26. The van der Waals surface area contributed by atoms with E-state index in [4.69, 9.17) is 23.6 Å². The van der Waals surface area contributed by atoms with Gasteiger partial charge in [0, 0.05) is 37.8 Å². The first-order valence-electron chi connectivity index (χ1n) is 11.2. The molecular formula is C24H35N3O4. The number of aryl methyl sites for hydroxylation is 1. The quantitative estimate of drug-likeness (QED) is 0.305. The molecule has 0 spiro atoms. The van der Waals surface area contributed by atoms with Crippen LogP contribution in [0.1, 0.15) is 36.7 Å².